The average Bonchev–Trinajstić information content (AvgIpc) is 3.28. The van der Waals surface area contributed by atoms with E-state index in [0.717, 1.165) is 52.4 Å². The summed E-state index contributed by atoms with van der Waals surface area (Å²) >= 11 is 0. The minimum absolute atomic E-state index is 0.399. The van der Waals surface area contributed by atoms with Crippen molar-refractivity contribution >= 4 is 5.69 Å². The van der Waals surface area contributed by atoms with Gasteiger partial charge in [-0.2, -0.15) is 0 Å². The van der Waals surface area contributed by atoms with Crippen LogP contribution in [0.1, 0.15) is 25.5 Å². The molecule has 0 bridgehead atoms. The maximum absolute atomic E-state index is 5.46. The summed E-state index contributed by atoms with van der Waals surface area (Å²) in [5, 5.41) is 0. The highest BCUT2D eigenvalue weighted by Gasteiger charge is 2.20. The Labute approximate surface area is 150 Å². The van der Waals surface area contributed by atoms with E-state index in [2.05, 4.69) is 51.4 Å². The fraction of sp³-hybridized carbons (Fsp3) is 0.550. The van der Waals surface area contributed by atoms with Crippen molar-refractivity contribution in [2.24, 2.45) is 0 Å². The Bertz CT molecular complexity index is 720. The number of morpholine rings is 1. The summed E-state index contributed by atoms with van der Waals surface area (Å²) in [6.07, 6.45) is 5.13. The van der Waals surface area contributed by atoms with Gasteiger partial charge >= 0.3 is 0 Å². The lowest BCUT2D eigenvalue weighted by atomic mass is 10.1. The second-order valence-corrected chi connectivity index (χ2v) is 7.12. The van der Waals surface area contributed by atoms with E-state index in [1.54, 1.807) is 0 Å². The van der Waals surface area contributed by atoms with Gasteiger partial charge in [-0.25, -0.2) is 4.98 Å². The predicted molar refractivity (Wildman–Crippen MR) is 101 cm³/mol. The van der Waals surface area contributed by atoms with Crippen LogP contribution in [-0.4, -0.2) is 60.4 Å². The molecule has 1 aromatic heterocycles. The van der Waals surface area contributed by atoms with Crippen LogP contribution in [-0.2, 0) is 11.2 Å². The smallest absolute Gasteiger partial charge is 0.0953 e. The Kier molecular flexibility index (Phi) is 4.77. The first kappa shape index (κ1) is 16.6. The number of aromatic nitrogens is 2. The van der Waals surface area contributed by atoms with E-state index in [1.807, 2.05) is 12.5 Å². The molecule has 1 fully saturated rings. The summed E-state index contributed by atoms with van der Waals surface area (Å²) in [7, 11) is 0. The molecule has 0 aliphatic carbocycles. The van der Waals surface area contributed by atoms with Crippen molar-refractivity contribution < 1.29 is 4.74 Å². The minimum Gasteiger partial charge on any atom is -0.379 e. The maximum Gasteiger partial charge on any atom is 0.0953 e. The summed E-state index contributed by atoms with van der Waals surface area (Å²) in [5.74, 6) is 0. The molecule has 1 saturated heterocycles. The number of anilines is 1. The Morgan fingerprint density at radius 1 is 1.20 bits per heavy atom. The van der Waals surface area contributed by atoms with Crippen molar-refractivity contribution in [2.45, 2.75) is 26.3 Å². The van der Waals surface area contributed by atoms with Crippen molar-refractivity contribution in [3.8, 4) is 11.3 Å². The minimum atomic E-state index is 0.399. The van der Waals surface area contributed by atoms with Crippen LogP contribution in [0.4, 0.5) is 5.69 Å². The van der Waals surface area contributed by atoms with E-state index in [0.29, 0.717) is 6.04 Å². The highest BCUT2D eigenvalue weighted by Crippen LogP contribution is 2.32. The van der Waals surface area contributed by atoms with E-state index in [4.69, 9.17) is 4.74 Å². The number of nitrogens with zero attached hydrogens (tertiary/aromatic N) is 4. The molecule has 2 aliphatic rings. The van der Waals surface area contributed by atoms with Gasteiger partial charge in [-0.3, -0.25) is 4.90 Å². The van der Waals surface area contributed by atoms with Gasteiger partial charge < -0.3 is 14.2 Å². The summed E-state index contributed by atoms with van der Waals surface area (Å²) < 4.78 is 7.78. The lowest BCUT2D eigenvalue weighted by Crippen LogP contribution is -2.39. The normalized spacial score (nSPS) is 19.2. The van der Waals surface area contributed by atoms with Gasteiger partial charge in [-0.15, -0.1) is 0 Å². The summed E-state index contributed by atoms with van der Waals surface area (Å²) in [6, 6.07) is 7.29. The van der Waals surface area contributed by atoms with Crippen LogP contribution in [0.5, 0.6) is 0 Å². The quantitative estimate of drug-likeness (QED) is 0.838. The molecule has 4 rings (SSSR count). The number of fused-ring (bicyclic) bond motifs is 1. The molecule has 5 heteroatoms. The molecule has 0 saturated carbocycles. The predicted octanol–water partition coefficient (Wildman–Crippen LogP) is 2.83. The monoisotopic (exact) mass is 340 g/mol. The molecule has 1 aromatic carbocycles. The zero-order valence-electron chi connectivity index (χ0n) is 15.3. The topological polar surface area (TPSA) is 33.5 Å². The van der Waals surface area contributed by atoms with Crippen LogP contribution in [0.15, 0.2) is 30.7 Å². The first-order valence-corrected chi connectivity index (χ1v) is 9.46. The number of rotatable bonds is 5. The van der Waals surface area contributed by atoms with Crippen LogP contribution >= 0.6 is 0 Å². The van der Waals surface area contributed by atoms with Crippen LogP contribution in [0.2, 0.25) is 0 Å². The lowest BCUT2D eigenvalue weighted by molar-refractivity contribution is 0.0326. The fourth-order valence-electron chi connectivity index (χ4n) is 4.08. The van der Waals surface area contributed by atoms with Crippen molar-refractivity contribution in [1.29, 1.82) is 0 Å². The molecular weight excluding hydrogens is 312 g/mol. The number of benzene rings is 1. The van der Waals surface area contributed by atoms with Gasteiger partial charge in [0.2, 0.25) is 0 Å². The second kappa shape index (κ2) is 7.18. The Morgan fingerprint density at radius 3 is 2.84 bits per heavy atom. The van der Waals surface area contributed by atoms with E-state index >= 15 is 0 Å². The number of hydrogen-bond acceptors (Lipinski definition) is 4. The number of likely N-dealkylation sites (N-methyl/N-ethyl adjacent to an activating group) is 1. The third-order valence-corrected chi connectivity index (χ3v) is 5.52. The first-order chi connectivity index (χ1) is 12.3. The molecular formula is C20H28N4O. The fourth-order valence-corrected chi connectivity index (χ4v) is 4.08. The van der Waals surface area contributed by atoms with Gasteiger partial charge in [0.1, 0.15) is 0 Å². The Balaban J connectivity index is 1.55. The average molecular weight is 340 g/mol. The van der Waals surface area contributed by atoms with E-state index in [9.17, 15) is 0 Å². The molecule has 0 amide bonds. The van der Waals surface area contributed by atoms with Gasteiger partial charge in [0.05, 0.1) is 31.4 Å². The summed E-state index contributed by atoms with van der Waals surface area (Å²) in [4.78, 5) is 9.39. The van der Waals surface area contributed by atoms with Crippen molar-refractivity contribution in [3.05, 3.63) is 36.3 Å². The number of hydrogen-bond donors (Lipinski definition) is 0. The van der Waals surface area contributed by atoms with Gasteiger partial charge in [-0.05, 0) is 38.0 Å². The zero-order valence-corrected chi connectivity index (χ0v) is 15.3. The summed E-state index contributed by atoms with van der Waals surface area (Å²) in [6.45, 7) is 11.5. The van der Waals surface area contributed by atoms with Crippen molar-refractivity contribution in [3.63, 3.8) is 0 Å². The van der Waals surface area contributed by atoms with Gasteiger partial charge in [0, 0.05) is 50.0 Å². The third-order valence-electron chi connectivity index (χ3n) is 5.52. The van der Waals surface area contributed by atoms with Crippen LogP contribution in [0.3, 0.4) is 0 Å². The molecule has 5 nitrogen and oxygen atoms in total. The maximum atomic E-state index is 5.46. The molecule has 134 valence electrons. The molecule has 1 unspecified atom stereocenters. The largest absolute Gasteiger partial charge is 0.379 e. The highest BCUT2D eigenvalue weighted by atomic mass is 16.5. The van der Waals surface area contributed by atoms with Crippen molar-refractivity contribution in [2.75, 3.05) is 50.8 Å². The molecule has 0 radical (unpaired) electrons. The molecule has 3 heterocycles. The molecule has 0 spiro atoms. The Hall–Kier alpha value is -1.85. The zero-order chi connectivity index (χ0) is 17.2. The third kappa shape index (κ3) is 3.31. The van der Waals surface area contributed by atoms with Crippen LogP contribution in [0, 0.1) is 0 Å². The van der Waals surface area contributed by atoms with Gasteiger partial charge in [0.15, 0.2) is 0 Å². The van der Waals surface area contributed by atoms with Gasteiger partial charge in [-0.1, -0.05) is 6.07 Å². The van der Waals surface area contributed by atoms with Crippen molar-refractivity contribution in [1.82, 2.24) is 14.5 Å². The molecule has 2 aromatic rings. The molecule has 2 aliphatic heterocycles. The second-order valence-electron chi connectivity index (χ2n) is 7.12. The van der Waals surface area contributed by atoms with E-state index in [-0.39, 0.29) is 0 Å². The van der Waals surface area contributed by atoms with E-state index < -0.39 is 0 Å². The summed E-state index contributed by atoms with van der Waals surface area (Å²) in [5.41, 5.74) is 5.37. The standard InChI is InChI=1S/C20H28N4O/c1-3-23-7-6-18-12-17(4-5-19(18)23)20-13-21-15-24(20)16(2)14-22-8-10-25-11-9-22/h4-5,12-13,15-16H,3,6-11,14H2,1-2H3. The first-order valence-electron chi connectivity index (χ1n) is 9.46. The van der Waals surface area contributed by atoms with Crippen LogP contribution < -0.4 is 4.90 Å². The van der Waals surface area contributed by atoms with E-state index in [1.165, 1.54) is 22.5 Å². The van der Waals surface area contributed by atoms with Gasteiger partial charge in [0.25, 0.3) is 0 Å². The van der Waals surface area contributed by atoms with Crippen LogP contribution in [0.25, 0.3) is 11.3 Å². The lowest BCUT2D eigenvalue weighted by Gasteiger charge is -2.30. The molecule has 1 atom stereocenters. The number of ether oxygens (including phenoxy) is 1. The number of imidazole rings is 1. The Morgan fingerprint density at radius 2 is 2.04 bits per heavy atom. The molecule has 25 heavy (non-hydrogen) atoms. The highest BCUT2D eigenvalue weighted by molar-refractivity contribution is 5.68. The molecule has 0 N–H and O–H groups in total. The SMILES string of the molecule is CCN1CCc2cc(-c3cncn3C(C)CN3CCOCC3)ccc21.